The lowest BCUT2D eigenvalue weighted by atomic mass is 9.98. The minimum atomic E-state index is -4.81. The number of rotatable bonds is 3. The van der Waals surface area contributed by atoms with Gasteiger partial charge in [0.1, 0.15) is 17.9 Å². The lowest BCUT2D eigenvalue weighted by Crippen LogP contribution is -2.17. The molecule has 7 nitrogen and oxygen atoms in total. The van der Waals surface area contributed by atoms with Crippen LogP contribution in [0.15, 0.2) is 67.0 Å². The molecular formula is C23H15F3N6O. The summed E-state index contributed by atoms with van der Waals surface area (Å²) >= 11 is 0. The highest BCUT2D eigenvalue weighted by atomic mass is 19.4. The molecule has 0 aliphatic carbocycles. The van der Waals surface area contributed by atoms with Crippen molar-refractivity contribution in [3.05, 3.63) is 67.0 Å². The van der Waals surface area contributed by atoms with E-state index in [9.17, 15) is 13.2 Å². The van der Waals surface area contributed by atoms with E-state index in [1.807, 2.05) is 30.3 Å². The Bertz CT molecular complexity index is 1520. The molecule has 0 atom stereocenters. The van der Waals surface area contributed by atoms with E-state index in [1.54, 1.807) is 12.1 Å². The summed E-state index contributed by atoms with van der Waals surface area (Å²) in [6.45, 7) is 0. The molecule has 5 rings (SSSR count). The number of nitrogen functional groups attached to an aromatic ring is 2. The smallest absolute Gasteiger partial charge is 0.406 e. The Hall–Kier alpha value is -4.47. The molecule has 0 aliphatic heterocycles. The maximum Gasteiger partial charge on any atom is 0.573 e. The number of hydrogen-bond donors (Lipinski definition) is 2. The highest BCUT2D eigenvalue weighted by Gasteiger charge is 2.31. The van der Waals surface area contributed by atoms with E-state index >= 15 is 0 Å². The second-order valence-electron chi connectivity index (χ2n) is 7.20. The molecule has 0 saturated carbocycles. The summed E-state index contributed by atoms with van der Waals surface area (Å²) in [5, 5.41) is 1.31. The van der Waals surface area contributed by atoms with Crippen molar-refractivity contribution in [3.8, 4) is 28.1 Å². The molecule has 33 heavy (non-hydrogen) atoms. The molecule has 5 aromatic rings. The fourth-order valence-corrected chi connectivity index (χ4v) is 3.72. The molecule has 10 heteroatoms. The Labute approximate surface area is 184 Å². The average molecular weight is 448 g/mol. The summed E-state index contributed by atoms with van der Waals surface area (Å²) in [6.07, 6.45) is -3.42. The molecule has 3 aromatic carbocycles. The molecule has 0 radical (unpaired) electrons. The second-order valence-corrected chi connectivity index (χ2v) is 7.20. The van der Waals surface area contributed by atoms with Gasteiger partial charge in [0.05, 0.1) is 16.7 Å². The summed E-state index contributed by atoms with van der Waals surface area (Å²) in [7, 11) is 0. The van der Waals surface area contributed by atoms with Crippen LogP contribution in [0.2, 0.25) is 0 Å². The van der Waals surface area contributed by atoms with Crippen LogP contribution in [0.5, 0.6) is 5.75 Å². The third kappa shape index (κ3) is 3.93. The number of alkyl halides is 3. The topological polar surface area (TPSA) is 113 Å². The van der Waals surface area contributed by atoms with Crippen LogP contribution in [0.4, 0.5) is 24.9 Å². The van der Waals surface area contributed by atoms with E-state index in [4.69, 9.17) is 11.5 Å². The normalized spacial score (nSPS) is 11.7. The Morgan fingerprint density at radius 2 is 1.61 bits per heavy atom. The van der Waals surface area contributed by atoms with Crippen molar-refractivity contribution in [3.63, 3.8) is 0 Å². The summed E-state index contributed by atoms with van der Waals surface area (Å²) in [6, 6.07) is 16.6. The van der Waals surface area contributed by atoms with Gasteiger partial charge in [-0.15, -0.1) is 13.2 Å². The van der Waals surface area contributed by atoms with Crippen molar-refractivity contribution in [1.82, 2.24) is 19.9 Å². The van der Waals surface area contributed by atoms with Crippen molar-refractivity contribution in [1.29, 1.82) is 0 Å². The first kappa shape index (κ1) is 20.4. The minimum Gasteiger partial charge on any atom is -0.406 e. The van der Waals surface area contributed by atoms with Crippen LogP contribution in [0.25, 0.3) is 44.2 Å². The van der Waals surface area contributed by atoms with E-state index < -0.39 is 6.36 Å². The van der Waals surface area contributed by atoms with E-state index in [0.717, 1.165) is 11.1 Å². The SMILES string of the molecule is Nc1nc(-c2cccc(OC(F)(F)F)c2)c2cc(-c3cccc4c(N)ncnc34)ccc2n1. The zero-order valence-corrected chi connectivity index (χ0v) is 16.8. The van der Waals surface area contributed by atoms with Gasteiger partial charge in [-0.25, -0.2) is 19.9 Å². The monoisotopic (exact) mass is 448 g/mol. The van der Waals surface area contributed by atoms with Gasteiger partial charge in [0.2, 0.25) is 5.95 Å². The van der Waals surface area contributed by atoms with E-state index in [2.05, 4.69) is 24.7 Å². The fourth-order valence-electron chi connectivity index (χ4n) is 3.72. The third-order valence-electron chi connectivity index (χ3n) is 5.06. The highest BCUT2D eigenvalue weighted by molar-refractivity contribution is 6.02. The summed E-state index contributed by atoms with van der Waals surface area (Å²) in [5.74, 6) is 0.00157. The van der Waals surface area contributed by atoms with Gasteiger partial charge < -0.3 is 16.2 Å². The van der Waals surface area contributed by atoms with Crippen molar-refractivity contribution in [2.24, 2.45) is 0 Å². The number of nitrogens with zero attached hydrogens (tertiary/aromatic N) is 4. The van der Waals surface area contributed by atoms with Crippen molar-refractivity contribution >= 4 is 33.6 Å². The van der Waals surface area contributed by atoms with Crippen LogP contribution in [0.1, 0.15) is 0 Å². The Balaban J connectivity index is 1.71. The van der Waals surface area contributed by atoms with Gasteiger partial charge in [-0.3, -0.25) is 0 Å². The molecule has 0 aliphatic rings. The highest BCUT2D eigenvalue weighted by Crippen LogP contribution is 2.35. The first-order chi connectivity index (χ1) is 15.8. The lowest BCUT2D eigenvalue weighted by molar-refractivity contribution is -0.274. The molecule has 2 heterocycles. The van der Waals surface area contributed by atoms with Gasteiger partial charge in [-0.05, 0) is 35.9 Å². The van der Waals surface area contributed by atoms with Crippen LogP contribution in [-0.2, 0) is 0 Å². The Kier molecular flexibility index (Phi) is 4.70. The Morgan fingerprint density at radius 1 is 0.788 bits per heavy atom. The lowest BCUT2D eigenvalue weighted by Gasteiger charge is -2.12. The van der Waals surface area contributed by atoms with Crippen LogP contribution in [0.3, 0.4) is 0 Å². The zero-order valence-electron chi connectivity index (χ0n) is 16.8. The fraction of sp³-hybridized carbons (Fsp3) is 0.0435. The minimum absolute atomic E-state index is 0.00179. The zero-order chi connectivity index (χ0) is 23.2. The number of ether oxygens (including phenoxy) is 1. The second kappa shape index (κ2) is 7.59. The maximum absolute atomic E-state index is 12.7. The number of benzene rings is 3. The molecule has 4 N–H and O–H groups in total. The van der Waals surface area contributed by atoms with Gasteiger partial charge in [-0.1, -0.05) is 30.3 Å². The molecular weight excluding hydrogens is 433 g/mol. The summed E-state index contributed by atoms with van der Waals surface area (Å²) in [4.78, 5) is 17.0. The first-order valence-electron chi connectivity index (χ1n) is 9.71. The van der Waals surface area contributed by atoms with E-state index in [0.29, 0.717) is 38.9 Å². The van der Waals surface area contributed by atoms with Crippen molar-refractivity contribution < 1.29 is 17.9 Å². The molecule has 0 saturated heterocycles. The molecule has 0 bridgehead atoms. The predicted molar refractivity (Wildman–Crippen MR) is 119 cm³/mol. The quantitative estimate of drug-likeness (QED) is 0.401. The Morgan fingerprint density at radius 3 is 2.42 bits per heavy atom. The molecule has 164 valence electrons. The molecule has 0 spiro atoms. The van der Waals surface area contributed by atoms with Crippen molar-refractivity contribution in [2.45, 2.75) is 6.36 Å². The molecule has 0 unspecified atom stereocenters. The molecule has 2 aromatic heterocycles. The third-order valence-corrected chi connectivity index (χ3v) is 5.06. The van der Waals surface area contributed by atoms with Gasteiger partial charge >= 0.3 is 6.36 Å². The van der Waals surface area contributed by atoms with Gasteiger partial charge in [-0.2, -0.15) is 0 Å². The van der Waals surface area contributed by atoms with E-state index in [-0.39, 0.29) is 11.7 Å². The number of hydrogen-bond acceptors (Lipinski definition) is 7. The number of anilines is 2. The number of para-hydroxylation sites is 1. The van der Waals surface area contributed by atoms with Crippen LogP contribution in [-0.4, -0.2) is 26.3 Å². The van der Waals surface area contributed by atoms with Crippen molar-refractivity contribution in [2.75, 3.05) is 11.5 Å². The molecule has 0 fully saturated rings. The summed E-state index contributed by atoms with van der Waals surface area (Å²) in [5.41, 5.74) is 15.5. The molecule has 0 amide bonds. The van der Waals surface area contributed by atoms with E-state index in [1.165, 1.54) is 24.5 Å². The van der Waals surface area contributed by atoms with Crippen LogP contribution >= 0.6 is 0 Å². The van der Waals surface area contributed by atoms with Crippen LogP contribution < -0.4 is 16.2 Å². The number of aromatic nitrogens is 4. The van der Waals surface area contributed by atoms with Gasteiger partial charge in [0.15, 0.2) is 0 Å². The summed E-state index contributed by atoms with van der Waals surface area (Å²) < 4.78 is 42.2. The average Bonchev–Trinajstić information content (AvgIpc) is 2.77. The maximum atomic E-state index is 12.7. The van der Waals surface area contributed by atoms with Gasteiger partial charge in [0.25, 0.3) is 0 Å². The number of nitrogens with two attached hydrogens (primary N) is 2. The van der Waals surface area contributed by atoms with Crippen LogP contribution in [0, 0.1) is 0 Å². The largest absolute Gasteiger partial charge is 0.573 e. The predicted octanol–water partition coefficient (Wildman–Crippen LogP) is 4.97. The van der Waals surface area contributed by atoms with Gasteiger partial charge in [0, 0.05) is 21.9 Å². The number of fused-ring (bicyclic) bond motifs is 2. The first-order valence-corrected chi connectivity index (χ1v) is 9.71. The number of halogens is 3. The standard InChI is InChI=1S/C23H15F3N6O/c24-23(25,26)33-14-4-1-3-13(9-14)19-17-10-12(7-8-18(17)31-22(28)32-19)15-5-2-6-16-20(15)29-11-30-21(16)27/h1-11H,(H2,27,29,30)(H2,28,31,32).